The maximum absolute atomic E-state index is 12.8. The highest BCUT2D eigenvalue weighted by molar-refractivity contribution is 5.92. The summed E-state index contributed by atoms with van der Waals surface area (Å²) in [7, 11) is 0. The number of benzene rings is 1. The summed E-state index contributed by atoms with van der Waals surface area (Å²) in [6.07, 6.45) is -2.69. The lowest BCUT2D eigenvalue weighted by atomic mass is 10.1. The van der Waals surface area contributed by atoms with E-state index in [4.69, 9.17) is 4.42 Å². The van der Waals surface area contributed by atoms with Crippen LogP contribution in [0, 0.1) is 6.92 Å². The highest BCUT2D eigenvalue weighted by Crippen LogP contribution is 2.33. The smallest absolute Gasteiger partial charge is 0.416 e. The molecule has 2 N–H and O–H groups in total. The van der Waals surface area contributed by atoms with Crippen LogP contribution in [0.15, 0.2) is 41.0 Å². The molecule has 0 saturated heterocycles. The Balaban J connectivity index is 1.80. The summed E-state index contributed by atoms with van der Waals surface area (Å²) in [4.78, 5) is 23.4. The molecule has 134 valence electrons. The number of aryl methyl sites for hydroxylation is 1. The lowest BCUT2D eigenvalue weighted by Gasteiger charge is -2.12. The van der Waals surface area contributed by atoms with Gasteiger partial charge in [0.25, 0.3) is 5.91 Å². The van der Waals surface area contributed by atoms with Crippen molar-refractivity contribution in [2.24, 2.45) is 0 Å². The fourth-order valence-electron chi connectivity index (χ4n) is 2.17. The third-order valence-corrected chi connectivity index (χ3v) is 3.44. The third-order valence-electron chi connectivity index (χ3n) is 3.44. The van der Waals surface area contributed by atoms with Crippen LogP contribution in [0.1, 0.15) is 34.5 Å². The first kappa shape index (κ1) is 18.6. The minimum absolute atomic E-state index is 0.0632. The molecule has 0 aliphatic heterocycles. The Bertz CT molecular complexity index is 740. The molecule has 5 nitrogen and oxygen atoms in total. The topological polar surface area (TPSA) is 71.3 Å². The molecule has 8 heteroatoms. The van der Waals surface area contributed by atoms with E-state index in [2.05, 4.69) is 10.6 Å². The highest BCUT2D eigenvalue weighted by atomic mass is 19.4. The van der Waals surface area contributed by atoms with Crippen molar-refractivity contribution in [2.45, 2.75) is 25.9 Å². The number of rotatable bonds is 6. The maximum Gasteiger partial charge on any atom is 0.416 e. The predicted molar refractivity (Wildman–Crippen MR) is 85.1 cm³/mol. The first-order chi connectivity index (χ1) is 11.8. The normalized spacial score (nSPS) is 11.2. The number of carbonyl (C=O) groups excluding carboxylic acids is 2. The van der Waals surface area contributed by atoms with Gasteiger partial charge in [0.15, 0.2) is 5.76 Å². The van der Waals surface area contributed by atoms with E-state index in [1.807, 2.05) is 0 Å². The van der Waals surface area contributed by atoms with Crippen LogP contribution in [0.3, 0.4) is 0 Å². The van der Waals surface area contributed by atoms with Crippen LogP contribution in [0.5, 0.6) is 0 Å². The average molecular weight is 354 g/mol. The SMILES string of the molecule is Cc1ccc(NC(=O)CCCNC(=O)c2ccco2)cc1C(F)(F)F. The Labute approximate surface area is 142 Å². The first-order valence-electron chi connectivity index (χ1n) is 7.57. The molecule has 1 aromatic heterocycles. The lowest BCUT2D eigenvalue weighted by molar-refractivity contribution is -0.138. The molecule has 1 aromatic carbocycles. The Morgan fingerprint density at radius 3 is 2.60 bits per heavy atom. The Morgan fingerprint density at radius 2 is 1.96 bits per heavy atom. The molecule has 0 saturated carbocycles. The zero-order valence-electron chi connectivity index (χ0n) is 13.4. The van der Waals surface area contributed by atoms with Gasteiger partial charge < -0.3 is 15.1 Å². The van der Waals surface area contributed by atoms with Crippen molar-refractivity contribution in [3.05, 3.63) is 53.5 Å². The first-order valence-corrected chi connectivity index (χ1v) is 7.57. The molecule has 0 unspecified atom stereocenters. The third kappa shape index (κ3) is 5.37. The maximum atomic E-state index is 12.8. The van der Waals surface area contributed by atoms with Crippen LogP contribution in [-0.2, 0) is 11.0 Å². The summed E-state index contributed by atoms with van der Waals surface area (Å²) in [6, 6.07) is 6.73. The zero-order valence-corrected chi connectivity index (χ0v) is 13.4. The summed E-state index contributed by atoms with van der Waals surface area (Å²) < 4.78 is 43.5. The number of carbonyl (C=O) groups is 2. The molecule has 0 radical (unpaired) electrons. The average Bonchev–Trinajstić information content (AvgIpc) is 3.06. The van der Waals surface area contributed by atoms with Crippen LogP contribution in [0.2, 0.25) is 0 Å². The van der Waals surface area contributed by atoms with Gasteiger partial charge >= 0.3 is 6.18 Å². The second-order valence-electron chi connectivity index (χ2n) is 5.41. The van der Waals surface area contributed by atoms with Gasteiger partial charge in [-0.1, -0.05) is 6.07 Å². The minimum atomic E-state index is -4.47. The Morgan fingerprint density at radius 1 is 1.20 bits per heavy atom. The van der Waals surface area contributed by atoms with Crippen LogP contribution in [0.4, 0.5) is 18.9 Å². The van der Waals surface area contributed by atoms with E-state index >= 15 is 0 Å². The number of hydrogen-bond donors (Lipinski definition) is 2. The summed E-state index contributed by atoms with van der Waals surface area (Å²) in [5, 5.41) is 5.01. The number of anilines is 1. The number of nitrogens with one attached hydrogen (secondary N) is 2. The fourth-order valence-corrected chi connectivity index (χ4v) is 2.17. The second-order valence-corrected chi connectivity index (χ2v) is 5.41. The molecule has 2 amide bonds. The van der Waals surface area contributed by atoms with Crippen LogP contribution in [0.25, 0.3) is 0 Å². The van der Waals surface area contributed by atoms with Crippen molar-refractivity contribution < 1.29 is 27.2 Å². The van der Waals surface area contributed by atoms with Crippen molar-refractivity contribution in [3.63, 3.8) is 0 Å². The van der Waals surface area contributed by atoms with Crippen molar-refractivity contribution in [2.75, 3.05) is 11.9 Å². The lowest BCUT2D eigenvalue weighted by Crippen LogP contribution is -2.25. The summed E-state index contributed by atoms with van der Waals surface area (Å²) in [5.74, 6) is -0.647. The molecule has 25 heavy (non-hydrogen) atoms. The Hall–Kier alpha value is -2.77. The van der Waals surface area contributed by atoms with Crippen molar-refractivity contribution in [1.29, 1.82) is 0 Å². The second kappa shape index (κ2) is 7.87. The standard InChI is InChI=1S/C17H17F3N2O3/c1-11-6-7-12(10-13(11)17(18,19)20)22-15(23)5-2-8-21-16(24)14-4-3-9-25-14/h3-4,6-7,9-10H,2,5,8H2,1H3,(H,21,24)(H,22,23). The number of alkyl halides is 3. The number of hydrogen-bond acceptors (Lipinski definition) is 3. The van der Waals surface area contributed by atoms with Gasteiger partial charge in [0.1, 0.15) is 0 Å². The van der Waals surface area contributed by atoms with Gasteiger partial charge in [0, 0.05) is 18.7 Å². The molecule has 2 aromatic rings. The summed E-state index contributed by atoms with van der Waals surface area (Å²) >= 11 is 0. The molecular formula is C17H17F3N2O3. The zero-order chi connectivity index (χ0) is 18.4. The number of amides is 2. The molecule has 0 fully saturated rings. The van der Waals surface area contributed by atoms with E-state index in [0.29, 0.717) is 6.42 Å². The van der Waals surface area contributed by atoms with Crippen molar-refractivity contribution in [1.82, 2.24) is 5.32 Å². The van der Waals surface area contributed by atoms with Gasteiger partial charge in [-0.05, 0) is 43.2 Å². The van der Waals surface area contributed by atoms with E-state index in [0.717, 1.165) is 6.07 Å². The summed E-state index contributed by atoms with van der Waals surface area (Å²) in [6.45, 7) is 1.60. The molecule has 2 rings (SSSR count). The van der Waals surface area contributed by atoms with Gasteiger partial charge in [-0.25, -0.2) is 0 Å². The molecule has 1 heterocycles. The molecule has 0 spiro atoms. The van der Waals surface area contributed by atoms with Crippen LogP contribution < -0.4 is 10.6 Å². The van der Waals surface area contributed by atoms with Crippen molar-refractivity contribution >= 4 is 17.5 Å². The van der Waals surface area contributed by atoms with Crippen molar-refractivity contribution in [3.8, 4) is 0 Å². The van der Waals surface area contributed by atoms with E-state index in [9.17, 15) is 22.8 Å². The fraction of sp³-hybridized carbons (Fsp3) is 0.294. The number of halogens is 3. The molecule has 0 aliphatic rings. The molecular weight excluding hydrogens is 337 g/mol. The Kier molecular flexibility index (Phi) is 5.84. The van der Waals surface area contributed by atoms with E-state index in [1.165, 1.54) is 31.4 Å². The van der Waals surface area contributed by atoms with E-state index in [1.54, 1.807) is 6.07 Å². The summed E-state index contributed by atoms with van der Waals surface area (Å²) in [5.41, 5.74) is -0.607. The van der Waals surface area contributed by atoms with Gasteiger partial charge in [0.2, 0.25) is 5.91 Å². The van der Waals surface area contributed by atoms with Crippen LogP contribution in [-0.4, -0.2) is 18.4 Å². The molecule has 0 aliphatic carbocycles. The van der Waals surface area contributed by atoms with Gasteiger partial charge in [-0.3, -0.25) is 9.59 Å². The molecule has 0 bridgehead atoms. The quantitative estimate of drug-likeness (QED) is 0.776. The van der Waals surface area contributed by atoms with Gasteiger partial charge in [0.05, 0.1) is 11.8 Å². The monoisotopic (exact) mass is 354 g/mol. The number of furan rings is 1. The largest absolute Gasteiger partial charge is 0.459 e. The highest BCUT2D eigenvalue weighted by Gasteiger charge is 2.32. The van der Waals surface area contributed by atoms with E-state index in [-0.39, 0.29) is 30.0 Å². The molecule has 0 atom stereocenters. The minimum Gasteiger partial charge on any atom is -0.459 e. The van der Waals surface area contributed by atoms with Gasteiger partial charge in [-0.15, -0.1) is 0 Å². The predicted octanol–water partition coefficient (Wildman–Crippen LogP) is 3.76. The van der Waals surface area contributed by atoms with Gasteiger partial charge in [-0.2, -0.15) is 13.2 Å². The van der Waals surface area contributed by atoms with E-state index < -0.39 is 23.6 Å². The van der Waals surface area contributed by atoms with Crippen LogP contribution >= 0.6 is 0 Å².